The molecule has 1 fully saturated rings. The average molecular weight is 552 g/mol. The fraction of sp³-hybridized carbons (Fsp3) is 0.273. The second kappa shape index (κ2) is 11.8. The highest BCUT2D eigenvalue weighted by Crippen LogP contribution is 2.28. The number of benzene rings is 1. The summed E-state index contributed by atoms with van der Waals surface area (Å²) in [6.07, 6.45) is -1.85. The molecule has 2 aromatic heterocycles. The molecule has 0 unspecified atom stereocenters. The Morgan fingerprint density at radius 1 is 1.39 bits per heavy atom. The molecule has 0 saturated carbocycles. The molecule has 16 heteroatoms. The number of pyridine rings is 1. The Morgan fingerprint density at radius 2 is 2.11 bits per heavy atom. The number of carboxylic acids is 1. The molecule has 0 bridgehead atoms. The predicted molar refractivity (Wildman–Crippen MR) is 128 cm³/mol. The molecule has 4 N–H and O–H groups in total. The van der Waals surface area contributed by atoms with Crippen LogP contribution in [0.5, 0.6) is 11.6 Å². The van der Waals surface area contributed by atoms with Gasteiger partial charge in [-0.1, -0.05) is 0 Å². The number of halogens is 3. The van der Waals surface area contributed by atoms with Crippen molar-refractivity contribution in [3.05, 3.63) is 58.4 Å². The van der Waals surface area contributed by atoms with Gasteiger partial charge in [0.25, 0.3) is 5.69 Å². The zero-order chi connectivity index (χ0) is 28.0. The van der Waals surface area contributed by atoms with Gasteiger partial charge in [-0.25, -0.2) is 9.78 Å². The highest BCUT2D eigenvalue weighted by Gasteiger charge is 2.38. The van der Waals surface area contributed by atoms with E-state index in [9.17, 15) is 33.3 Å². The van der Waals surface area contributed by atoms with Crippen molar-refractivity contribution in [1.29, 1.82) is 5.26 Å². The number of carbonyl (C=O) groups excluding carboxylic acids is 1. The second-order valence-electron chi connectivity index (χ2n) is 7.80. The van der Waals surface area contributed by atoms with E-state index in [4.69, 9.17) is 20.4 Å². The van der Waals surface area contributed by atoms with Gasteiger partial charge in [-0.05, 0) is 30.2 Å². The number of carboxylic acid groups (broad SMARTS) is 1. The van der Waals surface area contributed by atoms with E-state index < -0.39 is 29.2 Å². The lowest BCUT2D eigenvalue weighted by molar-refractivity contribution is -0.385. The van der Waals surface area contributed by atoms with Crippen molar-refractivity contribution in [3.63, 3.8) is 0 Å². The molecule has 0 radical (unpaired) electrons. The number of rotatable bonds is 6. The topological polar surface area (TPSA) is 188 Å². The Bertz CT molecular complexity index is 1370. The third-order valence-corrected chi connectivity index (χ3v) is 6.22. The van der Waals surface area contributed by atoms with Gasteiger partial charge in [0.05, 0.1) is 22.9 Å². The number of nitrogens with one attached hydrogen (secondary N) is 1. The minimum absolute atomic E-state index is 0.121. The molecule has 1 saturated heterocycles. The van der Waals surface area contributed by atoms with E-state index in [1.165, 1.54) is 28.8 Å². The molecule has 2 atom stereocenters. The number of nitrogens with zero attached hydrogens (tertiary/aromatic N) is 4. The molecule has 200 valence electrons. The Kier molecular flexibility index (Phi) is 8.76. The molecule has 4 rings (SSSR count). The number of aromatic nitrogens is 2. The lowest BCUT2D eigenvalue weighted by Crippen LogP contribution is -2.47. The average Bonchev–Trinajstić information content (AvgIpc) is 3.50. The van der Waals surface area contributed by atoms with Crippen molar-refractivity contribution in [3.8, 4) is 17.7 Å². The molecule has 1 amide bonds. The van der Waals surface area contributed by atoms with Crippen LogP contribution in [0.3, 0.4) is 0 Å². The summed E-state index contributed by atoms with van der Waals surface area (Å²) in [5, 5.41) is 27.9. The number of hydrogen-bond donors (Lipinski definition) is 3. The lowest BCUT2D eigenvalue weighted by atomic mass is 10.0. The quantitative estimate of drug-likeness (QED) is 0.302. The summed E-state index contributed by atoms with van der Waals surface area (Å²) in [5.41, 5.74) is 7.75. The van der Waals surface area contributed by atoms with Crippen molar-refractivity contribution < 1.29 is 37.5 Å². The number of carbonyl (C=O) groups is 2. The lowest BCUT2D eigenvalue weighted by Gasteiger charge is -2.22. The van der Waals surface area contributed by atoms with Crippen molar-refractivity contribution >= 4 is 40.2 Å². The number of ether oxygens (including phenoxy) is 1. The summed E-state index contributed by atoms with van der Waals surface area (Å²) in [7, 11) is 0. The molecule has 1 aliphatic rings. The van der Waals surface area contributed by atoms with Crippen LogP contribution < -0.4 is 10.5 Å². The summed E-state index contributed by atoms with van der Waals surface area (Å²) < 4.78 is 37.5. The minimum Gasteiger partial charge on any atom is -0.475 e. The third-order valence-electron chi connectivity index (χ3n) is 5.21. The zero-order valence-corrected chi connectivity index (χ0v) is 20.0. The first-order chi connectivity index (χ1) is 17.9. The number of hydrogen-bond acceptors (Lipinski definition) is 9. The van der Waals surface area contributed by atoms with Gasteiger partial charge in [0.1, 0.15) is 18.0 Å². The van der Waals surface area contributed by atoms with Crippen LogP contribution in [0.4, 0.5) is 18.9 Å². The van der Waals surface area contributed by atoms with E-state index in [0.717, 1.165) is 22.7 Å². The molecule has 0 spiro atoms. The van der Waals surface area contributed by atoms with E-state index >= 15 is 0 Å². The predicted octanol–water partition coefficient (Wildman–Crippen LogP) is 3.19. The van der Waals surface area contributed by atoms with Gasteiger partial charge in [-0.3, -0.25) is 14.9 Å². The molecule has 0 aliphatic carbocycles. The molecule has 12 nitrogen and oxygen atoms in total. The number of thioether (sulfide) groups is 1. The summed E-state index contributed by atoms with van der Waals surface area (Å²) in [6, 6.07) is 9.04. The number of nitrogens with two attached hydrogens (primary N) is 1. The smallest absolute Gasteiger partial charge is 0.475 e. The van der Waals surface area contributed by atoms with Gasteiger partial charge in [-0.15, -0.1) is 11.8 Å². The van der Waals surface area contributed by atoms with Gasteiger partial charge in [0, 0.05) is 35.0 Å². The van der Waals surface area contributed by atoms with Gasteiger partial charge in [0.2, 0.25) is 11.8 Å². The Labute approximate surface area is 216 Å². The van der Waals surface area contributed by atoms with Gasteiger partial charge < -0.3 is 25.5 Å². The van der Waals surface area contributed by atoms with Crippen molar-refractivity contribution in [1.82, 2.24) is 14.9 Å². The first kappa shape index (κ1) is 28.2. The SMILES string of the molecule is N#C[C@@H]1CSCN1C(=O)[C@@H](N)Cc1c[nH]c2ccc(Oc3ccc([N+](=O)[O-])cn3)cc12.O=C(O)C(F)(F)F. The fourth-order valence-corrected chi connectivity index (χ4v) is 4.44. The van der Waals surface area contributed by atoms with Crippen LogP contribution in [0, 0.1) is 21.4 Å². The Hall–Kier alpha value is -4.36. The third kappa shape index (κ3) is 6.89. The fourth-order valence-electron chi connectivity index (χ4n) is 3.36. The molecule has 38 heavy (non-hydrogen) atoms. The highest BCUT2D eigenvalue weighted by atomic mass is 32.2. The van der Waals surface area contributed by atoms with E-state index in [1.807, 2.05) is 6.07 Å². The number of nitro groups is 1. The molecule has 1 aromatic carbocycles. The number of amides is 1. The second-order valence-corrected chi connectivity index (χ2v) is 8.80. The van der Waals surface area contributed by atoms with Crippen LogP contribution in [0.25, 0.3) is 10.9 Å². The first-order valence-electron chi connectivity index (χ1n) is 10.6. The van der Waals surface area contributed by atoms with Crippen molar-refractivity contribution in [2.45, 2.75) is 24.7 Å². The van der Waals surface area contributed by atoms with Gasteiger partial charge >= 0.3 is 12.1 Å². The number of aromatic amines is 1. The van der Waals surface area contributed by atoms with Crippen LogP contribution in [-0.2, 0) is 16.0 Å². The van der Waals surface area contributed by atoms with Crippen LogP contribution in [-0.4, -0.2) is 66.7 Å². The molecular formula is C22H19F3N6O6S. The molecular weight excluding hydrogens is 533 g/mol. The Balaban J connectivity index is 0.000000505. The van der Waals surface area contributed by atoms with Crippen LogP contribution in [0.2, 0.25) is 0 Å². The number of H-pyrrole nitrogens is 1. The standard InChI is InChI=1S/C20H18N6O4S.C2HF3O2/c21-7-14-10-31-11-25(14)20(27)17(22)5-12-8-23-18-3-2-15(6-16(12)18)30-19-4-1-13(9-24-19)26(28)29;3-2(4,5)1(6)7/h1-4,6,8-9,14,17,23H,5,10-11,22H2;(H,6,7)/t14-,17+;/m1./s1. The molecule has 1 aliphatic heterocycles. The number of fused-ring (bicyclic) bond motifs is 1. The number of nitriles is 1. The van der Waals surface area contributed by atoms with E-state index in [1.54, 1.807) is 18.3 Å². The summed E-state index contributed by atoms with van der Waals surface area (Å²) in [4.78, 5) is 40.4. The van der Waals surface area contributed by atoms with Crippen LogP contribution in [0.15, 0.2) is 42.7 Å². The Morgan fingerprint density at radius 3 is 2.68 bits per heavy atom. The molecule has 3 aromatic rings. The zero-order valence-electron chi connectivity index (χ0n) is 19.2. The van der Waals surface area contributed by atoms with Crippen molar-refractivity contribution in [2.24, 2.45) is 5.73 Å². The summed E-state index contributed by atoms with van der Waals surface area (Å²) in [6.45, 7) is 0. The summed E-state index contributed by atoms with van der Waals surface area (Å²) >= 11 is 1.54. The maximum atomic E-state index is 12.7. The monoisotopic (exact) mass is 552 g/mol. The van der Waals surface area contributed by atoms with E-state index in [0.29, 0.717) is 23.8 Å². The minimum atomic E-state index is -5.08. The maximum absolute atomic E-state index is 12.7. The largest absolute Gasteiger partial charge is 0.490 e. The maximum Gasteiger partial charge on any atom is 0.490 e. The number of aliphatic carboxylic acids is 1. The first-order valence-corrected chi connectivity index (χ1v) is 11.8. The highest BCUT2D eigenvalue weighted by molar-refractivity contribution is 7.99. The molecule has 3 heterocycles. The van der Waals surface area contributed by atoms with E-state index in [-0.39, 0.29) is 17.5 Å². The van der Waals surface area contributed by atoms with Crippen LogP contribution >= 0.6 is 11.8 Å². The van der Waals surface area contributed by atoms with Gasteiger partial charge in [-0.2, -0.15) is 18.4 Å². The van der Waals surface area contributed by atoms with Crippen LogP contribution in [0.1, 0.15) is 5.56 Å². The normalized spacial score (nSPS) is 15.8. The summed E-state index contributed by atoms with van der Waals surface area (Å²) in [5.74, 6) is -1.21. The van der Waals surface area contributed by atoms with E-state index in [2.05, 4.69) is 16.0 Å². The number of alkyl halides is 3. The van der Waals surface area contributed by atoms with Gasteiger partial charge in [0.15, 0.2) is 0 Å². The van der Waals surface area contributed by atoms with Crippen molar-refractivity contribution in [2.75, 3.05) is 11.6 Å².